The smallest absolute Gasteiger partial charge is 0.387 e. The van der Waals surface area contributed by atoms with E-state index in [0.717, 1.165) is 5.56 Å². The molecule has 0 radical (unpaired) electrons. The van der Waals surface area contributed by atoms with Gasteiger partial charge < -0.3 is 10.1 Å². The van der Waals surface area contributed by atoms with Gasteiger partial charge in [0.1, 0.15) is 5.75 Å². The second-order valence-electron chi connectivity index (χ2n) is 4.16. The predicted molar refractivity (Wildman–Crippen MR) is 80.1 cm³/mol. The Balaban J connectivity index is 2.20. The maximum Gasteiger partial charge on any atom is 0.387 e. The van der Waals surface area contributed by atoms with Crippen LogP contribution in [0.5, 0.6) is 5.75 Å². The number of para-hydroxylation sites is 1. The normalized spacial score (nSPS) is 10.5. The monoisotopic (exact) mass is 355 g/mol. The summed E-state index contributed by atoms with van der Waals surface area (Å²) in [5.41, 5.74) is 1.63. The van der Waals surface area contributed by atoms with Crippen molar-refractivity contribution in [3.8, 4) is 5.75 Å². The molecule has 0 aliphatic heterocycles. The van der Waals surface area contributed by atoms with E-state index in [1.54, 1.807) is 24.3 Å². The molecule has 2 rings (SSSR count). The summed E-state index contributed by atoms with van der Waals surface area (Å²) in [6.07, 6.45) is 0. The molecular weight excluding hydrogens is 344 g/mol. The average Bonchev–Trinajstić information content (AvgIpc) is 2.47. The summed E-state index contributed by atoms with van der Waals surface area (Å²) >= 11 is 3.33. The van der Waals surface area contributed by atoms with Crippen LogP contribution in [0.2, 0.25) is 0 Å². The number of hydrogen-bond donors (Lipinski definition) is 1. The summed E-state index contributed by atoms with van der Waals surface area (Å²) in [6.45, 7) is -2.98. The zero-order chi connectivity index (χ0) is 15.2. The van der Waals surface area contributed by atoms with Gasteiger partial charge in [-0.2, -0.15) is 8.78 Å². The third-order valence-electron chi connectivity index (χ3n) is 2.69. The Hall–Kier alpha value is -1.95. The van der Waals surface area contributed by atoms with E-state index >= 15 is 0 Å². The van der Waals surface area contributed by atoms with Crippen LogP contribution in [0, 0.1) is 0 Å². The van der Waals surface area contributed by atoms with Crippen LogP contribution in [0.15, 0.2) is 48.5 Å². The molecule has 2 aromatic carbocycles. The van der Waals surface area contributed by atoms with E-state index in [-0.39, 0.29) is 11.3 Å². The Morgan fingerprint density at radius 1 is 1.19 bits per heavy atom. The quantitative estimate of drug-likeness (QED) is 0.805. The third-order valence-corrected chi connectivity index (χ3v) is 3.33. The number of anilines is 1. The first-order valence-corrected chi connectivity index (χ1v) is 7.22. The van der Waals surface area contributed by atoms with Crippen molar-refractivity contribution >= 4 is 27.5 Å². The van der Waals surface area contributed by atoms with Crippen LogP contribution < -0.4 is 10.1 Å². The number of carbonyl (C=O) groups excluding carboxylic acids is 1. The van der Waals surface area contributed by atoms with Crippen molar-refractivity contribution in [1.29, 1.82) is 0 Å². The lowest BCUT2D eigenvalue weighted by atomic mass is 10.1. The molecule has 1 amide bonds. The SMILES string of the molecule is O=C(Nc1cccc(CBr)c1)c1ccccc1OC(F)F. The second-order valence-corrected chi connectivity index (χ2v) is 4.72. The summed E-state index contributed by atoms with van der Waals surface area (Å²) in [5, 5.41) is 3.32. The number of halogens is 3. The lowest BCUT2D eigenvalue weighted by Crippen LogP contribution is -2.15. The van der Waals surface area contributed by atoms with Gasteiger partial charge in [-0.15, -0.1) is 0 Å². The molecule has 110 valence electrons. The summed E-state index contributed by atoms with van der Waals surface area (Å²) in [5.74, 6) is -0.653. The first-order chi connectivity index (χ1) is 10.1. The van der Waals surface area contributed by atoms with Gasteiger partial charge in [-0.3, -0.25) is 4.79 Å². The van der Waals surface area contributed by atoms with Crippen LogP contribution in [0.1, 0.15) is 15.9 Å². The molecule has 0 atom stereocenters. The Bertz CT molecular complexity index is 635. The average molecular weight is 356 g/mol. The van der Waals surface area contributed by atoms with Gasteiger partial charge in [0.2, 0.25) is 0 Å². The molecule has 2 aromatic rings. The van der Waals surface area contributed by atoms with Crippen molar-refractivity contribution in [3.63, 3.8) is 0 Å². The first-order valence-electron chi connectivity index (χ1n) is 6.10. The van der Waals surface area contributed by atoms with E-state index in [2.05, 4.69) is 26.0 Å². The number of hydrogen-bond acceptors (Lipinski definition) is 2. The van der Waals surface area contributed by atoms with E-state index in [9.17, 15) is 13.6 Å². The van der Waals surface area contributed by atoms with Crippen molar-refractivity contribution in [1.82, 2.24) is 0 Å². The van der Waals surface area contributed by atoms with Crippen LogP contribution in [0.25, 0.3) is 0 Å². The topological polar surface area (TPSA) is 38.3 Å². The summed E-state index contributed by atoms with van der Waals surface area (Å²) in [6, 6.07) is 13.1. The minimum atomic E-state index is -2.98. The predicted octanol–water partition coefficient (Wildman–Crippen LogP) is 4.44. The fraction of sp³-hybridized carbons (Fsp3) is 0.133. The van der Waals surface area contributed by atoms with Gasteiger partial charge in [0.25, 0.3) is 5.91 Å². The van der Waals surface area contributed by atoms with Crippen LogP contribution in [-0.4, -0.2) is 12.5 Å². The summed E-state index contributed by atoms with van der Waals surface area (Å²) < 4.78 is 29.0. The van der Waals surface area contributed by atoms with Gasteiger partial charge >= 0.3 is 6.61 Å². The first kappa shape index (κ1) is 15.4. The highest BCUT2D eigenvalue weighted by atomic mass is 79.9. The highest BCUT2D eigenvalue weighted by molar-refractivity contribution is 9.08. The molecule has 0 bridgehead atoms. The highest BCUT2D eigenvalue weighted by Crippen LogP contribution is 2.22. The largest absolute Gasteiger partial charge is 0.434 e. The van der Waals surface area contributed by atoms with E-state index < -0.39 is 12.5 Å². The highest BCUT2D eigenvalue weighted by Gasteiger charge is 2.15. The van der Waals surface area contributed by atoms with E-state index in [1.807, 2.05) is 6.07 Å². The van der Waals surface area contributed by atoms with Gasteiger partial charge in [0.05, 0.1) is 5.56 Å². The van der Waals surface area contributed by atoms with Crippen molar-refractivity contribution in [2.45, 2.75) is 11.9 Å². The van der Waals surface area contributed by atoms with E-state index in [0.29, 0.717) is 11.0 Å². The zero-order valence-corrected chi connectivity index (χ0v) is 12.4. The van der Waals surface area contributed by atoms with Gasteiger partial charge in [-0.25, -0.2) is 0 Å². The van der Waals surface area contributed by atoms with Crippen LogP contribution in [0.3, 0.4) is 0 Å². The van der Waals surface area contributed by atoms with Gasteiger partial charge in [-0.05, 0) is 29.8 Å². The van der Waals surface area contributed by atoms with Gasteiger partial charge in [-0.1, -0.05) is 40.2 Å². The molecule has 0 saturated carbocycles. The molecule has 0 heterocycles. The molecule has 1 N–H and O–H groups in total. The number of nitrogens with one attached hydrogen (secondary N) is 1. The van der Waals surface area contributed by atoms with Gasteiger partial charge in [0, 0.05) is 11.0 Å². The standard InChI is InChI=1S/C15H12BrF2NO2/c16-9-10-4-3-5-11(8-10)19-14(20)12-6-1-2-7-13(12)21-15(17)18/h1-8,15H,9H2,(H,19,20). The molecule has 0 aromatic heterocycles. The van der Waals surface area contributed by atoms with Crippen LogP contribution >= 0.6 is 15.9 Å². The molecule has 0 aliphatic rings. The van der Waals surface area contributed by atoms with Crippen molar-refractivity contribution in [2.75, 3.05) is 5.32 Å². The third kappa shape index (κ3) is 4.26. The lowest BCUT2D eigenvalue weighted by Gasteiger charge is -2.11. The lowest BCUT2D eigenvalue weighted by molar-refractivity contribution is -0.0501. The maximum atomic E-state index is 12.3. The zero-order valence-electron chi connectivity index (χ0n) is 10.9. The molecule has 0 unspecified atom stereocenters. The molecule has 6 heteroatoms. The molecule has 0 spiro atoms. The maximum absolute atomic E-state index is 12.3. The van der Waals surface area contributed by atoms with Gasteiger partial charge in [0.15, 0.2) is 0 Å². The van der Waals surface area contributed by atoms with Crippen LogP contribution in [-0.2, 0) is 5.33 Å². The number of alkyl halides is 3. The van der Waals surface area contributed by atoms with E-state index in [4.69, 9.17) is 0 Å². The van der Waals surface area contributed by atoms with E-state index in [1.165, 1.54) is 18.2 Å². The molecule has 21 heavy (non-hydrogen) atoms. The Morgan fingerprint density at radius 3 is 2.67 bits per heavy atom. The molecule has 3 nitrogen and oxygen atoms in total. The van der Waals surface area contributed by atoms with Crippen LogP contribution in [0.4, 0.5) is 14.5 Å². The summed E-state index contributed by atoms with van der Waals surface area (Å²) in [4.78, 5) is 12.2. The van der Waals surface area contributed by atoms with Crippen molar-refractivity contribution in [3.05, 3.63) is 59.7 Å². The summed E-state index contributed by atoms with van der Waals surface area (Å²) in [7, 11) is 0. The second kappa shape index (κ2) is 7.17. The molecule has 0 aliphatic carbocycles. The number of rotatable bonds is 5. The molecule has 0 fully saturated rings. The number of amides is 1. The number of ether oxygens (including phenoxy) is 1. The minimum Gasteiger partial charge on any atom is -0.434 e. The number of benzene rings is 2. The number of carbonyl (C=O) groups is 1. The fourth-order valence-electron chi connectivity index (χ4n) is 1.78. The molecule has 0 saturated heterocycles. The minimum absolute atomic E-state index is 0.0574. The fourth-order valence-corrected chi connectivity index (χ4v) is 2.13. The Labute approximate surface area is 129 Å². The van der Waals surface area contributed by atoms with Crippen molar-refractivity contribution in [2.24, 2.45) is 0 Å². The molecular formula is C15H12BrF2NO2. The Kier molecular flexibility index (Phi) is 5.27. The van der Waals surface area contributed by atoms with Crippen molar-refractivity contribution < 1.29 is 18.3 Å². The Morgan fingerprint density at radius 2 is 1.95 bits per heavy atom.